The van der Waals surface area contributed by atoms with Gasteiger partial charge in [-0.1, -0.05) is 29.3 Å². The highest BCUT2D eigenvalue weighted by Gasteiger charge is 2.33. The number of nitrogens with zero attached hydrogens (tertiary/aromatic N) is 3. The predicted molar refractivity (Wildman–Crippen MR) is 101 cm³/mol. The zero-order chi connectivity index (χ0) is 18.4. The lowest BCUT2D eigenvalue weighted by Crippen LogP contribution is -2.44. The van der Waals surface area contributed by atoms with E-state index in [1.165, 1.54) is 0 Å². The van der Waals surface area contributed by atoms with Crippen LogP contribution in [-0.4, -0.2) is 32.9 Å². The molecule has 1 aliphatic rings. The number of hydrogen-bond donors (Lipinski definition) is 0. The molecular formula is C17H18BrCl2N3O2. The average molecular weight is 447 g/mol. The summed E-state index contributed by atoms with van der Waals surface area (Å²) in [5, 5.41) is 5.61. The summed E-state index contributed by atoms with van der Waals surface area (Å²) in [4.78, 5) is 14.2. The quantitative estimate of drug-likeness (QED) is 0.597. The Morgan fingerprint density at radius 3 is 2.68 bits per heavy atom. The molecule has 0 aliphatic carbocycles. The van der Waals surface area contributed by atoms with Gasteiger partial charge in [0.2, 0.25) is 0 Å². The molecule has 1 atom stereocenters. The highest BCUT2D eigenvalue weighted by molar-refractivity contribution is 9.10. The Kier molecular flexibility index (Phi) is 5.06. The van der Waals surface area contributed by atoms with Gasteiger partial charge in [-0.25, -0.2) is 4.79 Å². The van der Waals surface area contributed by atoms with E-state index < -0.39 is 5.60 Å². The lowest BCUT2D eigenvalue weighted by molar-refractivity contribution is 0.0175. The van der Waals surface area contributed by atoms with Gasteiger partial charge in [-0.3, -0.25) is 9.58 Å². The van der Waals surface area contributed by atoms with Gasteiger partial charge in [0.05, 0.1) is 24.8 Å². The lowest BCUT2D eigenvalue weighted by atomic mass is 10.0. The van der Waals surface area contributed by atoms with Crippen molar-refractivity contribution in [2.24, 2.45) is 0 Å². The molecule has 8 heteroatoms. The van der Waals surface area contributed by atoms with Crippen molar-refractivity contribution in [2.75, 3.05) is 6.54 Å². The van der Waals surface area contributed by atoms with Gasteiger partial charge in [0.25, 0.3) is 0 Å². The second kappa shape index (κ2) is 6.82. The Labute approximate surface area is 165 Å². The molecule has 2 aromatic rings. The van der Waals surface area contributed by atoms with Crippen molar-refractivity contribution < 1.29 is 9.53 Å². The molecular weight excluding hydrogens is 429 g/mol. The Bertz CT molecular complexity index is 817. The standard InChI is InChI=1S/C17H18BrCl2N3O2/c1-17(2,3)25-16(24)22-8-11-7-15(18)21-23(11)14(9-22)12-5-4-10(19)6-13(12)20/h4-7,14H,8-9H2,1-3H3. The Morgan fingerprint density at radius 1 is 1.32 bits per heavy atom. The molecule has 1 unspecified atom stereocenters. The van der Waals surface area contributed by atoms with Crippen LogP contribution in [0.4, 0.5) is 4.79 Å². The normalized spacial score (nSPS) is 17.4. The molecule has 1 amide bonds. The highest BCUT2D eigenvalue weighted by Crippen LogP contribution is 2.34. The molecule has 0 N–H and O–H groups in total. The molecule has 3 rings (SSSR count). The number of benzene rings is 1. The molecule has 25 heavy (non-hydrogen) atoms. The number of halogens is 3. The maximum absolute atomic E-state index is 12.6. The van der Waals surface area contributed by atoms with Crippen LogP contribution in [0.3, 0.4) is 0 Å². The summed E-state index contributed by atoms with van der Waals surface area (Å²) in [7, 11) is 0. The minimum absolute atomic E-state index is 0.215. The van der Waals surface area contributed by atoms with Gasteiger partial charge in [0, 0.05) is 10.0 Å². The first-order valence-electron chi connectivity index (χ1n) is 7.81. The van der Waals surface area contributed by atoms with Crippen molar-refractivity contribution in [3.8, 4) is 0 Å². The van der Waals surface area contributed by atoms with Crippen LogP contribution in [0.25, 0.3) is 0 Å². The van der Waals surface area contributed by atoms with Crippen molar-refractivity contribution in [3.05, 3.63) is 50.2 Å². The van der Waals surface area contributed by atoms with E-state index in [0.29, 0.717) is 27.7 Å². The van der Waals surface area contributed by atoms with Crippen LogP contribution in [-0.2, 0) is 11.3 Å². The van der Waals surface area contributed by atoms with Crippen LogP contribution in [0, 0.1) is 0 Å². The summed E-state index contributed by atoms with van der Waals surface area (Å²) in [5.74, 6) is 0. The summed E-state index contributed by atoms with van der Waals surface area (Å²) in [6, 6.07) is 7.03. The fraction of sp³-hybridized carbons (Fsp3) is 0.412. The third kappa shape index (κ3) is 4.13. The summed E-state index contributed by atoms with van der Waals surface area (Å²) in [6.45, 7) is 6.39. The van der Waals surface area contributed by atoms with Crippen LogP contribution < -0.4 is 0 Å². The molecule has 1 aromatic heterocycles. The van der Waals surface area contributed by atoms with E-state index in [4.69, 9.17) is 27.9 Å². The van der Waals surface area contributed by atoms with Gasteiger partial charge < -0.3 is 4.74 Å². The van der Waals surface area contributed by atoms with Crippen molar-refractivity contribution >= 4 is 45.2 Å². The SMILES string of the molecule is CC(C)(C)OC(=O)N1Cc2cc(Br)nn2C(c2ccc(Cl)cc2Cl)C1. The van der Waals surface area contributed by atoms with Gasteiger partial charge in [-0.15, -0.1) is 0 Å². The smallest absolute Gasteiger partial charge is 0.410 e. The number of rotatable bonds is 1. The zero-order valence-electron chi connectivity index (χ0n) is 14.1. The van der Waals surface area contributed by atoms with E-state index in [0.717, 1.165) is 11.3 Å². The Morgan fingerprint density at radius 2 is 2.04 bits per heavy atom. The predicted octanol–water partition coefficient (Wildman–Crippen LogP) is 5.29. The highest BCUT2D eigenvalue weighted by atomic mass is 79.9. The van der Waals surface area contributed by atoms with Crippen molar-refractivity contribution in [2.45, 2.75) is 39.0 Å². The molecule has 0 saturated carbocycles. The van der Waals surface area contributed by atoms with Crippen LogP contribution in [0.5, 0.6) is 0 Å². The number of fused-ring (bicyclic) bond motifs is 1. The molecule has 1 aromatic carbocycles. The average Bonchev–Trinajstić information content (AvgIpc) is 2.85. The number of carbonyl (C=O) groups is 1. The molecule has 0 spiro atoms. The third-order valence-electron chi connectivity index (χ3n) is 3.80. The molecule has 2 heterocycles. The topological polar surface area (TPSA) is 47.4 Å². The minimum Gasteiger partial charge on any atom is -0.444 e. The van der Waals surface area contributed by atoms with Gasteiger partial charge in [-0.2, -0.15) is 5.10 Å². The Balaban J connectivity index is 1.98. The van der Waals surface area contributed by atoms with Crippen LogP contribution in [0.1, 0.15) is 38.1 Å². The monoisotopic (exact) mass is 445 g/mol. The summed E-state index contributed by atoms with van der Waals surface area (Å²) >= 11 is 15.8. The van der Waals surface area contributed by atoms with Crippen LogP contribution in [0.2, 0.25) is 10.0 Å². The second-order valence-electron chi connectivity index (χ2n) is 6.95. The van der Waals surface area contributed by atoms with E-state index >= 15 is 0 Å². The minimum atomic E-state index is -0.553. The molecule has 0 saturated heterocycles. The number of carbonyl (C=O) groups excluding carboxylic acids is 1. The maximum Gasteiger partial charge on any atom is 0.410 e. The van der Waals surface area contributed by atoms with Crippen molar-refractivity contribution in [1.82, 2.24) is 14.7 Å². The summed E-state index contributed by atoms with van der Waals surface area (Å²) < 4.78 is 8.12. The molecule has 1 aliphatic heterocycles. The van der Waals surface area contributed by atoms with Gasteiger partial charge >= 0.3 is 6.09 Å². The van der Waals surface area contributed by atoms with Gasteiger partial charge in [-0.05, 0) is 60.5 Å². The number of hydrogen-bond acceptors (Lipinski definition) is 3. The van der Waals surface area contributed by atoms with E-state index in [1.54, 1.807) is 17.0 Å². The van der Waals surface area contributed by atoms with E-state index in [9.17, 15) is 4.79 Å². The fourth-order valence-electron chi connectivity index (χ4n) is 2.80. The number of aromatic nitrogens is 2. The second-order valence-corrected chi connectivity index (χ2v) is 8.60. The van der Waals surface area contributed by atoms with Crippen LogP contribution in [0.15, 0.2) is 28.9 Å². The van der Waals surface area contributed by atoms with E-state index in [1.807, 2.05) is 37.6 Å². The zero-order valence-corrected chi connectivity index (χ0v) is 17.2. The van der Waals surface area contributed by atoms with Crippen LogP contribution >= 0.6 is 39.1 Å². The first kappa shape index (κ1) is 18.5. The maximum atomic E-state index is 12.6. The summed E-state index contributed by atoms with van der Waals surface area (Å²) in [6.07, 6.45) is -0.355. The largest absolute Gasteiger partial charge is 0.444 e. The van der Waals surface area contributed by atoms with Crippen molar-refractivity contribution in [3.63, 3.8) is 0 Å². The molecule has 0 radical (unpaired) electrons. The number of amides is 1. The Hall–Kier alpha value is -1.24. The lowest BCUT2D eigenvalue weighted by Gasteiger charge is -2.35. The first-order valence-corrected chi connectivity index (χ1v) is 9.36. The molecule has 134 valence electrons. The van der Waals surface area contributed by atoms with E-state index in [-0.39, 0.29) is 12.1 Å². The molecule has 0 fully saturated rings. The van der Waals surface area contributed by atoms with Gasteiger partial charge in [0.1, 0.15) is 10.2 Å². The summed E-state index contributed by atoms with van der Waals surface area (Å²) in [5.41, 5.74) is 1.21. The van der Waals surface area contributed by atoms with Crippen molar-refractivity contribution in [1.29, 1.82) is 0 Å². The van der Waals surface area contributed by atoms with E-state index in [2.05, 4.69) is 21.0 Å². The number of ether oxygens (including phenoxy) is 1. The fourth-order valence-corrected chi connectivity index (χ4v) is 3.77. The first-order chi connectivity index (χ1) is 11.6. The van der Waals surface area contributed by atoms with Gasteiger partial charge in [0.15, 0.2) is 0 Å². The molecule has 0 bridgehead atoms. The molecule has 5 nitrogen and oxygen atoms in total. The third-order valence-corrected chi connectivity index (χ3v) is 4.75.